The van der Waals surface area contributed by atoms with Crippen LogP contribution in [0.4, 0.5) is 0 Å². The van der Waals surface area contributed by atoms with Crippen molar-refractivity contribution < 1.29 is 4.74 Å². The molecule has 23 heavy (non-hydrogen) atoms. The molecule has 0 amide bonds. The van der Waals surface area contributed by atoms with Gasteiger partial charge in [-0.3, -0.25) is 13.9 Å². The van der Waals surface area contributed by atoms with Gasteiger partial charge < -0.3 is 15.0 Å². The molecule has 0 aromatic carbocycles. The first-order valence-electron chi connectivity index (χ1n) is 7.85. The van der Waals surface area contributed by atoms with Crippen molar-refractivity contribution in [2.24, 2.45) is 7.05 Å². The molecule has 0 aliphatic heterocycles. The number of methoxy groups -OCH3 is 1. The Balaban J connectivity index is 2.26. The number of nitrogens with zero attached hydrogens (tertiary/aromatic N) is 3. The fourth-order valence-corrected chi connectivity index (χ4v) is 2.57. The van der Waals surface area contributed by atoms with Crippen molar-refractivity contribution in [3.05, 3.63) is 26.7 Å². The first-order chi connectivity index (χ1) is 11.0. The fourth-order valence-electron chi connectivity index (χ4n) is 2.57. The highest BCUT2D eigenvalue weighted by Crippen LogP contribution is 2.06. The highest BCUT2D eigenvalue weighted by molar-refractivity contribution is 5.69. The Hall–Kier alpha value is -1.93. The lowest BCUT2D eigenvalue weighted by Crippen LogP contribution is -2.39. The maximum atomic E-state index is 12.5. The molecule has 2 rings (SSSR count). The van der Waals surface area contributed by atoms with Crippen molar-refractivity contribution in [2.45, 2.75) is 45.4 Å². The monoisotopic (exact) mass is 323 g/mol. The average molecular weight is 323 g/mol. The third-order valence-corrected chi connectivity index (χ3v) is 4.02. The predicted octanol–water partition coefficient (Wildman–Crippen LogP) is 0.348. The average Bonchev–Trinajstić information content (AvgIpc) is 2.96. The smallest absolute Gasteiger partial charge is 0.332 e. The number of imidazole rings is 1. The molecule has 8 heteroatoms. The lowest BCUT2D eigenvalue weighted by molar-refractivity contribution is 0.108. The van der Waals surface area contributed by atoms with Gasteiger partial charge in [0.1, 0.15) is 11.3 Å². The lowest BCUT2D eigenvalue weighted by Gasteiger charge is -2.10. The first kappa shape index (κ1) is 17.4. The summed E-state index contributed by atoms with van der Waals surface area (Å²) >= 11 is 0. The molecule has 0 bridgehead atoms. The molecule has 0 radical (unpaired) electrons. The van der Waals surface area contributed by atoms with Crippen LogP contribution in [0.1, 0.15) is 32.0 Å². The van der Waals surface area contributed by atoms with E-state index in [1.54, 1.807) is 21.2 Å². The molecule has 8 nitrogen and oxygen atoms in total. The van der Waals surface area contributed by atoms with E-state index in [1.807, 2.05) is 6.92 Å². The third-order valence-electron chi connectivity index (χ3n) is 4.02. The molecule has 2 aromatic rings. The largest absolute Gasteiger partial charge is 0.382 e. The number of unbranched alkanes of at least 4 members (excludes halogenated alkanes) is 1. The molecule has 0 aliphatic carbocycles. The zero-order chi connectivity index (χ0) is 17.0. The zero-order valence-corrected chi connectivity index (χ0v) is 14.2. The molecule has 128 valence electrons. The van der Waals surface area contributed by atoms with Crippen LogP contribution in [0.5, 0.6) is 0 Å². The molecule has 0 spiro atoms. The van der Waals surface area contributed by atoms with Crippen LogP contribution >= 0.6 is 0 Å². The molecule has 1 unspecified atom stereocenters. The lowest BCUT2D eigenvalue weighted by atomic mass is 10.2. The second-order valence-corrected chi connectivity index (χ2v) is 5.75. The minimum Gasteiger partial charge on any atom is -0.382 e. The summed E-state index contributed by atoms with van der Waals surface area (Å²) < 4.78 is 7.90. The number of aromatic amines is 1. The standard InChI is InChI=1S/C15H25N5O3/c1-10(23-4)7-5-6-8-20-14(21)12-13(19(3)15(20)22)18-11(17-12)9-16-2/h10,16H,5-9H2,1-4H3,(H,17,18). The van der Waals surface area contributed by atoms with E-state index >= 15 is 0 Å². The van der Waals surface area contributed by atoms with E-state index in [0.29, 0.717) is 30.1 Å². The number of nitrogens with one attached hydrogen (secondary N) is 2. The fraction of sp³-hybridized carbons (Fsp3) is 0.667. The normalized spacial score (nSPS) is 12.9. The van der Waals surface area contributed by atoms with Crippen molar-refractivity contribution in [3.8, 4) is 0 Å². The summed E-state index contributed by atoms with van der Waals surface area (Å²) in [5, 5.41) is 2.97. The van der Waals surface area contributed by atoms with Gasteiger partial charge >= 0.3 is 5.69 Å². The molecule has 2 heterocycles. The first-order valence-corrected chi connectivity index (χ1v) is 7.85. The summed E-state index contributed by atoms with van der Waals surface area (Å²) in [4.78, 5) is 32.2. The van der Waals surface area contributed by atoms with E-state index in [2.05, 4.69) is 15.3 Å². The van der Waals surface area contributed by atoms with Gasteiger partial charge in [0.05, 0.1) is 12.6 Å². The van der Waals surface area contributed by atoms with Gasteiger partial charge in [0.2, 0.25) is 0 Å². The quantitative estimate of drug-likeness (QED) is 0.684. The Labute approximate surface area is 134 Å². The number of aryl methyl sites for hydroxylation is 1. The van der Waals surface area contributed by atoms with E-state index in [1.165, 1.54) is 9.13 Å². The molecular weight excluding hydrogens is 298 g/mol. The Bertz CT molecular complexity index is 774. The molecule has 0 saturated heterocycles. The molecule has 0 saturated carbocycles. The number of hydrogen-bond acceptors (Lipinski definition) is 5. The summed E-state index contributed by atoms with van der Waals surface area (Å²) in [5.74, 6) is 0.640. The second kappa shape index (κ2) is 7.56. The third kappa shape index (κ3) is 3.70. The van der Waals surface area contributed by atoms with Gasteiger partial charge in [-0.1, -0.05) is 0 Å². The SMILES string of the molecule is CNCc1nc2c([nH]1)c(=O)n(CCCCC(C)OC)c(=O)n2C. The van der Waals surface area contributed by atoms with Gasteiger partial charge in [-0.2, -0.15) is 0 Å². The second-order valence-electron chi connectivity index (χ2n) is 5.75. The van der Waals surface area contributed by atoms with Crippen LogP contribution in [0, 0.1) is 0 Å². The maximum Gasteiger partial charge on any atom is 0.332 e. The Kier molecular flexibility index (Phi) is 5.73. The van der Waals surface area contributed by atoms with E-state index in [9.17, 15) is 9.59 Å². The molecule has 0 fully saturated rings. The number of aromatic nitrogens is 4. The Morgan fingerprint density at radius 1 is 1.35 bits per heavy atom. The summed E-state index contributed by atoms with van der Waals surface area (Å²) in [6.07, 6.45) is 2.75. The Morgan fingerprint density at radius 2 is 2.09 bits per heavy atom. The van der Waals surface area contributed by atoms with Gasteiger partial charge in [-0.05, 0) is 33.2 Å². The number of rotatable bonds is 8. The van der Waals surface area contributed by atoms with Crippen LogP contribution in [0.2, 0.25) is 0 Å². The number of fused-ring (bicyclic) bond motifs is 1. The summed E-state index contributed by atoms with van der Waals surface area (Å²) in [6, 6.07) is 0. The van der Waals surface area contributed by atoms with Gasteiger partial charge in [0.15, 0.2) is 5.65 Å². The van der Waals surface area contributed by atoms with Crippen LogP contribution in [0.3, 0.4) is 0 Å². The summed E-state index contributed by atoms with van der Waals surface area (Å²) in [5.41, 5.74) is 0.139. The van der Waals surface area contributed by atoms with Crippen LogP contribution in [-0.2, 0) is 24.9 Å². The van der Waals surface area contributed by atoms with E-state index in [-0.39, 0.29) is 17.4 Å². The topological polar surface area (TPSA) is 93.9 Å². The van der Waals surface area contributed by atoms with Crippen LogP contribution in [0.25, 0.3) is 11.2 Å². The van der Waals surface area contributed by atoms with Crippen molar-refractivity contribution in [1.82, 2.24) is 24.4 Å². The number of ether oxygens (including phenoxy) is 1. The van der Waals surface area contributed by atoms with Crippen LogP contribution < -0.4 is 16.6 Å². The van der Waals surface area contributed by atoms with E-state index in [0.717, 1.165) is 19.3 Å². The van der Waals surface area contributed by atoms with Crippen molar-refractivity contribution in [1.29, 1.82) is 0 Å². The van der Waals surface area contributed by atoms with Gasteiger partial charge in [-0.15, -0.1) is 0 Å². The minimum atomic E-state index is -0.329. The van der Waals surface area contributed by atoms with E-state index < -0.39 is 0 Å². The zero-order valence-electron chi connectivity index (χ0n) is 14.2. The van der Waals surface area contributed by atoms with Gasteiger partial charge in [-0.25, -0.2) is 9.78 Å². The Morgan fingerprint density at radius 3 is 2.74 bits per heavy atom. The van der Waals surface area contributed by atoms with Crippen molar-refractivity contribution >= 4 is 11.2 Å². The van der Waals surface area contributed by atoms with E-state index in [4.69, 9.17) is 4.74 Å². The highest BCUT2D eigenvalue weighted by Gasteiger charge is 2.15. The molecule has 2 N–H and O–H groups in total. The summed E-state index contributed by atoms with van der Waals surface area (Å²) in [7, 11) is 5.11. The van der Waals surface area contributed by atoms with Gasteiger partial charge in [0.25, 0.3) is 5.56 Å². The number of hydrogen-bond donors (Lipinski definition) is 2. The van der Waals surface area contributed by atoms with Crippen molar-refractivity contribution in [2.75, 3.05) is 14.2 Å². The minimum absolute atomic E-state index is 0.189. The molecular formula is C15H25N5O3. The molecule has 2 aromatic heterocycles. The van der Waals surface area contributed by atoms with Crippen molar-refractivity contribution in [3.63, 3.8) is 0 Å². The maximum absolute atomic E-state index is 12.5. The predicted molar refractivity (Wildman–Crippen MR) is 88.7 cm³/mol. The van der Waals surface area contributed by atoms with Gasteiger partial charge in [0, 0.05) is 20.7 Å². The summed E-state index contributed by atoms with van der Waals surface area (Å²) in [6.45, 7) is 2.92. The van der Waals surface area contributed by atoms with Crippen LogP contribution in [0.15, 0.2) is 9.59 Å². The van der Waals surface area contributed by atoms with Crippen LogP contribution in [-0.4, -0.2) is 39.4 Å². The highest BCUT2D eigenvalue weighted by atomic mass is 16.5. The molecule has 1 atom stereocenters. The molecule has 0 aliphatic rings. The number of H-pyrrole nitrogens is 1.